The average molecular weight is 792 g/mol. The lowest BCUT2D eigenvalue weighted by Crippen LogP contribution is -2.06. The van der Waals surface area contributed by atoms with Crippen molar-refractivity contribution in [2.45, 2.75) is 19.8 Å². The Bertz CT molecular complexity index is 2510. The van der Waals surface area contributed by atoms with E-state index in [9.17, 15) is 5.11 Å². The van der Waals surface area contributed by atoms with Gasteiger partial charge in [-0.15, -0.1) is 0 Å². The molecule has 0 spiro atoms. The molecule has 0 saturated heterocycles. The summed E-state index contributed by atoms with van der Waals surface area (Å²) < 4.78 is 47.7. The number of fused-ring (bicyclic) bond motifs is 1. The molecular formula is C49H45NO9. The summed E-state index contributed by atoms with van der Waals surface area (Å²) in [6, 6.07) is 44.1. The van der Waals surface area contributed by atoms with Crippen LogP contribution in [-0.2, 0) is 24.6 Å². The number of aromatic nitrogens is 1. The third kappa shape index (κ3) is 9.52. The number of methoxy groups -OCH3 is 4. The molecule has 7 aromatic rings. The molecule has 0 unspecified atom stereocenters. The van der Waals surface area contributed by atoms with Gasteiger partial charge in [-0.25, -0.2) is 0 Å². The summed E-state index contributed by atoms with van der Waals surface area (Å²) in [5.74, 6) is 2.95. The lowest BCUT2D eigenvalue weighted by molar-refractivity contribution is 0.0505. The van der Waals surface area contributed by atoms with Crippen molar-refractivity contribution >= 4 is 22.1 Å². The number of nitrogens with zero attached hydrogens (tertiary/aromatic N) is 1. The van der Waals surface area contributed by atoms with E-state index < -0.39 is 0 Å². The van der Waals surface area contributed by atoms with Crippen LogP contribution in [0.25, 0.3) is 22.1 Å². The Hall–Kier alpha value is -7.17. The largest absolute Gasteiger partial charge is 0.506 e. The Kier molecular flexibility index (Phi) is 13.1. The summed E-state index contributed by atoms with van der Waals surface area (Å²) >= 11 is 0. The van der Waals surface area contributed by atoms with Gasteiger partial charge in [0.05, 0.1) is 38.2 Å². The van der Waals surface area contributed by atoms with Crippen LogP contribution < -0.4 is 33.2 Å². The molecule has 59 heavy (non-hydrogen) atoms. The van der Waals surface area contributed by atoms with Gasteiger partial charge in [0, 0.05) is 24.8 Å². The number of rotatable bonds is 18. The van der Waals surface area contributed by atoms with Crippen molar-refractivity contribution in [2.24, 2.45) is 0 Å². The van der Waals surface area contributed by atoms with E-state index >= 15 is 0 Å². The number of ether oxygens (including phenoxy) is 8. The first-order valence-corrected chi connectivity index (χ1v) is 18.9. The van der Waals surface area contributed by atoms with Crippen LogP contribution in [0.15, 0.2) is 146 Å². The molecule has 0 saturated carbocycles. The van der Waals surface area contributed by atoms with Gasteiger partial charge in [0.15, 0.2) is 41.3 Å². The van der Waals surface area contributed by atoms with E-state index in [4.69, 9.17) is 42.9 Å². The zero-order chi connectivity index (χ0) is 41.0. The first-order chi connectivity index (χ1) is 29.0. The first kappa shape index (κ1) is 40.0. The van der Waals surface area contributed by atoms with Gasteiger partial charge in [0.2, 0.25) is 0 Å². The second kappa shape index (κ2) is 19.3. The highest BCUT2D eigenvalue weighted by Crippen LogP contribution is 2.44. The van der Waals surface area contributed by atoms with Gasteiger partial charge >= 0.3 is 0 Å². The molecule has 0 aliphatic rings. The first-order valence-electron chi connectivity index (χ1n) is 18.9. The van der Waals surface area contributed by atoms with Crippen molar-refractivity contribution < 1.29 is 43.0 Å². The third-order valence-corrected chi connectivity index (χ3v) is 9.54. The number of pyridine rings is 1. The molecule has 0 amide bonds. The molecule has 1 heterocycles. The standard InChI is InChI=1S/C49H45NO9/c1-52-32-59-41-28-46(58-31-35-18-12-7-13-19-35)44(55-4)27-39(41)49(51)47(37-20-21-40(42(25-37)53-2)56-29-33-14-8-5-9-15-33)48-38-26-43(54-3)45(24-36(38)22-23-50-48)57-30-34-16-10-6-11-17-34/h5-28,51H,29-32H2,1-4H3/b49-47-. The van der Waals surface area contributed by atoms with Crippen molar-refractivity contribution in [2.75, 3.05) is 35.2 Å². The summed E-state index contributed by atoms with van der Waals surface area (Å²) in [6.45, 7) is 0.867. The number of aliphatic hydroxyl groups excluding tert-OH is 1. The van der Waals surface area contributed by atoms with Crippen LogP contribution in [0.5, 0.6) is 40.2 Å². The van der Waals surface area contributed by atoms with E-state index in [1.807, 2.05) is 127 Å². The van der Waals surface area contributed by atoms with Gasteiger partial charge in [-0.2, -0.15) is 0 Å². The van der Waals surface area contributed by atoms with Crippen molar-refractivity contribution in [1.29, 1.82) is 0 Å². The predicted molar refractivity (Wildman–Crippen MR) is 228 cm³/mol. The van der Waals surface area contributed by atoms with Crippen molar-refractivity contribution in [3.63, 3.8) is 0 Å². The molecule has 300 valence electrons. The quantitative estimate of drug-likeness (QED) is 0.0513. The fraction of sp³-hybridized carbons (Fsp3) is 0.163. The van der Waals surface area contributed by atoms with Gasteiger partial charge in [-0.1, -0.05) is 97.1 Å². The highest BCUT2D eigenvalue weighted by molar-refractivity contribution is 6.05. The van der Waals surface area contributed by atoms with Crippen LogP contribution in [0.4, 0.5) is 0 Å². The van der Waals surface area contributed by atoms with E-state index in [0.29, 0.717) is 75.5 Å². The smallest absolute Gasteiger partial charge is 0.188 e. The van der Waals surface area contributed by atoms with Crippen LogP contribution in [0, 0.1) is 0 Å². The Morgan fingerprint density at radius 1 is 0.492 bits per heavy atom. The molecule has 10 nitrogen and oxygen atoms in total. The van der Waals surface area contributed by atoms with Gasteiger partial charge in [0.25, 0.3) is 0 Å². The Morgan fingerprint density at radius 3 is 1.58 bits per heavy atom. The number of benzene rings is 6. The van der Waals surface area contributed by atoms with Crippen molar-refractivity contribution in [3.05, 3.63) is 179 Å². The Labute approximate surface area is 343 Å². The molecule has 0 aliphatic heterocycles. The summed E-state index contributed by atoms with van der Waals surface area (Å²) in [7, 11) is 6.23. The topological polar surface area (TPSA) is 107 Å². The molecule has 1 N–H and O–H groups in total. The van der Waals surface area contributed by atoms with E-state index in [1.165, 1.54) is 7.11 Å². The van der Waals surface area contributed by atoms with Crippen LogP contribution >= 0.6 is 0 Å². The SMILES string of the molecule is COCOc1cc(OCc2ccccc2)c(OC)cc1/C(O)=C(\c1ccc(OCc2ccccc2)c(OC)c1)c1nccc2cc(OCc3ccccc3)c(OC)cc12. The Balaban J connectivity index is 1.39. The average Bonchev–Trinajstić information content (AvgIpc) is 3.29. The van der Waals surface area contributed by atoms with Gasteiger partial charge in [-0.3, -0.25) is 4.98 Å². The number of hydrogen-bond acceptors (Lipinski definition) is 10. The summed E-state index contributed by atoms with van der Waals surface area (Å²) in [5.41, 5.74) is 4.70. The monoisotopic (exact) mass is 791 g/mol. The second-order valence-corrected chi connectivity index (χ2v) is 13.3. The normalized spacial score (nSPS) is 11.4. The van der Waals surface area contributed by atoms with Gasteiger partial charge < -0.3 is 43.0 Å². The maximum atomic E-state index is 12.7. The molecule has 0 aliphatic carbocycles. The van der Waals surface area contributed by atoms with Crippen LogP contribution in [0.2, 0.25) is 0 Å². The fourth-order valence-corrected chi connectivity index (χ4v) is 6.56. The Morgan fingerprint density at radius 2 is 1.02 bits per heavy atom. The van der Waals surface area contributed by atoms with E-state index in [0.717, 1.165) is 22.1 Å². The maximum Gasteiger partial charge on any atom is 0.188 e. The van der Waals surface area contributed by atoms with Crippen LogP contribution in [0.3, 0.4) is 0 Å². The lowest BCUT2D eigenvalue weighted by Gasteiger charge is -2.20. The predicted octanol–water partition coefficient (Wildman–Crippen LogP) is 10.5. The zero-order valence-corrected chi connectivity index (χ0v) is 33.3. The molecule has 0 radical (unpaired) electrons. The summed E-state index contributed by atoms with van der Waals surface area (Å²) in [6.07, 6.45) is 1.69. The van der Waals surface area contributed by atoms with E-state index in [2.05, 4.69) is 0 Å². The summed E-state index contributed by atoms with van der Waals surface area (Å²) in [4.78, 5) is 4.89. The third-order valence-electron chi connectivity index (χ3n) is 9.54. The van der Waals surface area contributed by atoms with E-state index in [1.54, 1.807) is 39.7 Å². The van der Waals surface area contributed by atoms with Crippen LogP contribution in [-0.4, -0.2) is 45.3 Å². The second-order valence-electron chi connectivity index (χ2n) is 13.3. The molecule has 1 aromatic heterocycles. The molecule has 7 rings (SSSR count). The number of aliphatic hydroxyl groups is 1. The minimum absolute atomic E-state index is 0.100. The minimum atomic E-state index is -0.160. The van der Waals surface area contributed by atoms with Crippen molar-refractivity contribution in [1.82, 2.24) is 4.98 Å². The fourth-order valence-electron chi connectivity index (χ4n) is 6.56. The zero-order valence-electron chi connectivity index (χ0n) is 33.3. The highest BCUT2D eigenvalue weighted by atomic mass is 16.7. The summed E-state index contributed by atoms with van der Waals surface area (Å²) in [5, 5.41) is 14.2. The molecular weight excluding hydrogens is 747 g/mol. The van der Waals surface area contributed by atoms with Crippen molar-refractivity contribution in [3.8, 4) is 40.2 Å². The molecule has 10 heteroatoms. The van der Waals surface area contributed by atoms with Gasteiger partial charge in [-0.05, 0) is 64.0 Å². The highest BCUT2D eigenvalue weighted by Gasteiger charge is 2.25. The van der Waals surface area contributed by atoms with E-state index in [-0.39, 0.29) is 24.9 Å². The molecule has 0 bridgehead atoms. The maximum absolute atomic E-state index is 12.7. The molecule has 0 fully saturated rings. The minimum Gasteiger partial charge on any atom is -0.506 e. The number of hydrogen-bond donors (Lipinski definition) is 1. The van der Waals surface area contributed by atoms with Crippen LogP contribution in [0.1, 0.15) is 33.5 Å². The molecule has 6 aromatic carbocycles. The van der Waals surface area contributed by atoms with Gasteiger partial charge in [0.1, 0.15) is 31.3 Å². The molecule has 0 atom stereocenters. The lowest BCUT2D eigenvalue weighted by atomic mass is 9.93.